The molecule has 1 aromatic carbocycles. The second kappa shape index (κ2) is 6.93. The molecule has 1 amide bonds. The SMILES string of the molecule is CC12Cc3cc(C(=O)N4CCOCC4)c(=O)[nH]c3C[C@@]13CC[NH2+]C2Cc1ccc(O)cc13. The lowest BCUT2D eigenvalue weighted by atomic mass is 9.45. The molecule has 168 valence electrons. The van der Waals surface area contributed by atoms with E-state index in [1.54, 1.807) is 11.0 Å². The number of aromatic amines is 1. The fourth-order valence-electron chi connectivity index (χ4n) is 7.01. The molecule has 0 radical (unpaired) electrons. The summed E-state index contributed by atoms with van der Waals surface area (Å²) in [5.74, 6) is 0.104. The van der Waals surface area contributed by atoms with E-state index < -0.39 is 0 Å². The van der Waals surface area contributed by atoms with Crippen LogP contribution in [0.25, 0.3) is 0 Å². The highest BCUT2D eigenvalue weighted by Gasteiger charge is 2.62. The number of nitrogens with one attached hydrogen (secondary N) is 1. The molecular formula is C25H30N3O4+. The van der Waals surface area contributed by atoms with Crippen molar-refractivity contribution in [1.29, 1.82) is 0 Å². The van der Waals surface area contributed by atoms with E-state index in [0.717, 1.165) is 43.5 Å². The monoisotopic (exact) mass is 436 g/mol. The Balaban J connectivity index is 1.46. The summed E-state index contributed by atoms with van der Waals surface area (Å²) in [5, 5.41) is 12.8. The Morgan fingerprint density at radius 1 is 1.22 bits per heavy atom. The number of morpholine rings is 1. The van der Waals surface area contributed by atoms with Crippen LogP contribution in [0.5, 0.6) is 5.75 Å². The highest BCUT2D eigenvalue weighted by Crippen LogP contribution is 2.58. The number of hydrogen-bond donors (Lipinski definition) is 3. The Hall–Kier alpha value is -2.64. The number of aromatic hydroxyl groups is 1. The molecule has 0 spiro atoms. The summed E-state index contributed by atoms with van der Waals surface area (Å²) in [4.78, 5) is 30.9. The predicted molar refractivity (Wildman–Crippen MR) is 118 cm³/mol. The van der Waals surface area contributed by atoms with Crippen LogP contribution in [-0.2, 0) is 29.4 Å². The number of amides is 1. The second-order valence-corrected chi connectivity index (χ2v) is 10.2. The number of piperidine rings is 1. The molecule has 2 saturated heterocycles. The third kappa shape index (κ3) is 2.67. The maximum absolute atomic E-state index is 13.1. The van der Waals surface area contributed by atoms with Crippen LogP contribution >= 0.6 is 0 Å². The highest BCUT2D eigenvalue weighted by atomic mass is 16.5. The van der Waals surface area contributed by atoms with Gasteiger partial charge >= 0.3 is 0 Å². The zero-order chi connectivity index (χ0) is 22.1. The Kier molecular flexibility index (Phi) is 4.33. The van der Waals surface area contributed by atoms with Gasteiger partial charge in [0.05, 0.1) is 25.8 Å². The van der Waals surface area contributed by atoms with Crippen molar-refractivity contribution < 1.29 is 20.0 Å². The number of rotatable bonds is 1. The number of fused-ring (bicyclic) bond motifs is 2. The lowest BCUT2D eigenvalue weighted by Gasteiger charge is -2.60. The number of hydrogen-bond acceptors (Lipinski definition) is 4. The number of H-pyrrole nitrogens is 1. The predicted octanol–water partition coefficient (Wildman–Crippen LogP) is 0.488. The quantitative estimate of drug-likeness (QED) is 0.606. The largest absolute Gasteiger partial charge is 0.508 e. The van der Waals surface area contributed by atoms with Gasteiger partial charge in [0.2, 0.25) is 0 Å². The van der Waals surface area contributed by atoms with E-state index in [4.69, 9.17) is 4.74 Å². The average molecular weight is 437 g/mol. The molecule has 4 aliphatic rings. The van der Waals surface area contributed by atoms with Gasteiger partial charge in [0.1, 0.15) is 11.3 Å². The van der Waals surface area contributed by atoms with Gasteiger partial charge in [-0.15, -0.1) is 0 Å². The van der Waals surface area contributed by atoms with Crippen molar-refractivity contribution in [1.82, 2.24) is 9.88 Å². The average Bonchev–Trinajstić information content (AvgIpc) is 2.78. The molecule has 2 aromatic rings. The van der Waals surface area contributed by atoms with Crippen LogP contribution in [0.3, 0.4) is 0 Å². The Morgan fingerprint density at radius 2 is 2.03 bits per heavy atom. The molecule has 2 aliphatic carbocycles. The zero-order valence-corrected chi connectivity index (χ0v) is 18.4. The van der Waals surface area contributed by atoms with Gasteiger partial charge in [0.15, 0.2) is 0 Å². The Bertz CT molecular complexity index is 1170. The van der Waals surface area contributed by atoms with Crippen molar-refractivity contribution in [2.24, 2.45) is 5.41 Å². The summed E-state index contributed by atoms with van der Waals surface area (Å²) >= 11 is 0. The molecule has 7 heteroatoms. The molecule has 2 bridgehead atoms. The normalized spacial score (nSPS) is 30.8. The molecule has 1 aromatic heterocycles. The minimum atomic E-state index is -0.300. The van der Waals surface area contributed by atoms with E-state index in [1.807, 2.05) is 12.1 Å². The van der Waals surface area contributed by atoms with Gasteiger partial charge in [-0.1, -0.05) is 13.0 Å². The maximum atomic E-state index is 13.1. The fraction of sp³-hybridized carbons (Fsp3) is 0.520. The standard InChI is InChI=1S/C25H29N3O4/c1-24-13-16-10-18(23(31)28-6-8-32-9-7-28)22(30)27-20(16)14-25(24)4-5-26-21(24)11-15-2-3-17(29)12-19(15)25/h2-3,10,12,21,26,29H,4-9,11,13-14H2,1H3,(H,27,30)/p+1/t21?,24?,25-/m1/s1. The Morgan fingerprint density at radius 3 is 2.84 bits per heavy atom. The molecule has 2 unspecified atom stereocenters. The molecule has 6 rings (SSSR count). The molecule has 0 saturated carbocycles. The van der Waals surface area contributed by atoms with Crippen LogP contribution in [0.4, 0.5) is 0 Å². The minimum Gasteiger partial charge on any atom is -0.508 e. The van der Waals surface area contributed by atoms with Crippen LogP contribution in [0.15, 0.2) is 29.1 Å². The number of carbonyl (C=O) groups is 1. The summed E-state index contributed by atoms with van der Waals surface area (Å²) < 4.78 is 5.36. The smallest absolute Gasteiger partial charge is 0.261 e. The molecule has 2 aliphatic heterocycles. The summed E-state index contributed by atoms with van der Waals surface area (Å²) in [6.07, 6.45) is 3.54. The van der Waals surface area contributed by atoms with E-state index in [9.17, 15) is 14.7 Å². The van der Waals surface area contributed by atoms with E-state index in [-0.39, 0.29) is 27.9 Å². The van der Waals surface area contributed by atoms with E-state index in [2.05, 4.69) is 23.3 Å². The summed E-state index contributed by atoms with van der Waals surface area (Å²) in [7, 11) is 0. The third-order valence-electron chi connectivity index (χ3n) is 8.76. The van der Waals surface area contributed by atoms with Crippen molar-refractivity contribution in [2.45, 2.75) is 44.1 Å². The first-order chi connectivity index (χ1) is 15.4. The fourth-order valence-corrected chi connectivity index (χ4v) is 7.01. The van der Waals surface area contributed by atoms with Gasteiger partial charge in [-0.3, -0.25) is 9.59 Å². The Labute approximate surface area is 186 Å². The summed E-state index contributed by atoms with van der Waals surface area (Å²) in [5.41, 5.74) is 4.39. The second-order valence-electron chi connectivity index (χ2n) is 10.2. The number of aromatic nitrogens is 1. The number of quaternary nitrogens is 1. The van der Waals surface area contributed by atoms with Crippen molar-refractivity contribution in [2.75, 3.05) is 32.8 Å². The van der Waals surface area contributed by atoms with Gasteiger partial charge in [-0.25, -0.2) is 0 Å². The molecular weight excluding hydrogens is 406 g/mol. The van der Waals surface area contributed by atoms with Gasteiger partial charge in [0, 0.05) is 42.5 Å². The van der Waals surface area contributed by atoms with Crippen molar-refractivity contribution in [3.63, 3.8) is 0 Å². The molecule has 4 N–H and O–H groups in total. The van der Waals surface area contributed by atoms with E-state index in [1.165, 1.54) is 11.1 Å². The highest BCUT2D eigenvalue weighted by molar-refractivity contribution is 5.94. The first-order valence-corrected chi connectivity index (χ1v) is 11.7. The first kappa shape index (κ1) is 20.0. The number of benzene rings is 1. The number of nitrogens with zero attached hydrogens (tertiary/aromatic N) is 1. The van der Waals surface area contributed by atoms with E-state index >= 15 is 0 Å². The van der Waals surface area contributed by atoms with Crippen LogP contribution in [0, 0.1) is 5.41 Å². The molecule has 32 heavy (non-hydrogen) atoms. The third-order valence-corrected chi connectivity index (χ3v) is 8.76. The van der Waals surface area contributed by atoms with Crippen LogP contribution in [0.2, 0.25) is 0 Å². The molecule has 3 heterocycles. The minimum absolute atomic E-state index is 0.0173. The van der Waals surface area contributed by atoms with Crippen molar-refractivity contribution >= 4 is 5.91 Å². The van der Waals surface area contributed by atoms with Crippen molar-refractivity contribution in [3.05, 3.63) is 62.6 Å². The number of phenolic OH excluding ortho intramolecular Hbond substituents is 1. The maximum Gasteiger partial charge on any atom is 0.261 e. The van der Waals surface area contributed by atoms with Crippen molar-refractivity contribution in [3.8, 4) is 5.75 Å². The molecule has 2 fully saturated rings. The van der Waals surface area contributed by atoms with Gasteiger partial charge in [0.25, 0.3) is 11.5 Å². The molecule has 3 atom stereocenters. The van der Waals surface area contributed by atoms with Crippen LogP contribution in [0.1, 0.15) is 46.1 Å². The van der Waals surface area contributed by atoms with Crippen LogP contribution < -0.4 is 10.9 Å². The van der Waals surface area contributed by atoms with Gasteiger partial charge in [-0.05, 0) is 47.7 Å². The van der Waals surface area contributed by atoms with Crippen LogP contribution in [-0.4, -0.2) is 59.8 Å². The topological polar surface area (TPSA) is 99.2 Å². The number of carbonyl (C=O) groups excluding carboxylic acids is 1. The number of nitrogens with two attached hydrogens (primary N) is 1. The first-order valence-electron chi connectivity index (χ1n) is 11.7. The summed E-state index contributed by atoms with van der Waals surface area (Å²) in [6.45, 7) is 5.49. The lowest BCUT2D eigenvalue weighted by molar-refractivity contribution is -0.718. The number of ether oxygens (including phenoxy) is 1. The van der Waals surface area contributed by atoms with Gasteiger partial charge in [-0.2, -0.15) is 0 Å². The summed E-state index contributed by atoms with van der Waals surface area (Å²) in [6, 6.07) is 8.11. The molecule has 7 nitrogen and oxygen atoms in total. The van der Waals surface area contributed by atoms with Gasteiger partial charge < -0.3 is 25.0 Å². The number of pyridine rings is 1. The van der Waals surface area contributed by atoms with E-state index in [0.29, 0.717) is 38.1 Å². The lowest BCUT2D eigenvalue weighted by Crippen LogP contribution is -2.99. The number of phenols is 1. The zero-order valence-electron chi connectivity index (χ0n) is 18.4.